The Morgan fingerprint density at radius 2 is 2.10 bits per heavy atom. The van der Waals surface area contributed by atoms with Gasteiger partial charge in [0.25, 0.3) is 0 Å². The van der Waals surface area contributed by atoms with E-state index in [1.54, 1.807) is 6.20 Å². The van der Waals surface area contributed by atoms with Gasteiger partial charge in [0, 0.05) is 25.9 Å². The monoisotopic (exact) mass is 275 g/mol. The first-order valence-corrected chi connectivity index (χ1v) is 6.37. The van der Waals surface area contributed by atoms with Crippen LogP contribution in [0.25, 0.3) is 0 Å². The molecule has 0 radical (unpaired) electrons. The number of carbonyl (C=O) groups is 1. The minimum Gasteiger partial charge on any atom is -0.444 e. The third-order valence-corrected chi connectivity index (χ3v) is 2.16. The highest BCUT2D eigenvalue weighted by atomic mass is 16.6. The number of rotatable bonds is 2. The molecule has 1 aromatic heterocycles. The van der Waals surface area contributed by atoms with E-state index in [-0.39, 0.29) is 6.54 Å². The van der Waals surface area contributed by atoms with Crippen LogP contribution in [0.5, 0.6) is 0 Å². The van der Waals surface area contributed by atoms with E-state index < -0.39 is 11.7 Å². The van der Waals surface area contributed by atoms with Gasteiger partial charge in [0.05, 0.1) is 6.54 Å². The molecule has 5 heteroatoms. The summed E-state index contributed by atoms with van der Waals surface area (Å²) >= 11 is 0. The highest BCUT2D eigenvalue weighted by Crippen LogP contribution is 2.07. The molecule has 1 rings (SSSR count). The number of carbonyl (C=O) groups excluding carboxylic acids is 1. The maximum Gasteiger partial charge on any atom is 0.408 e. The largest absolute Gasteiger partial charge is 0.444 e. The van der Waals surface area contributed by atoms with E-state index in [1.807, 2.05) is 51.9 Å². The number of anilines is 1. The minimum atomic E-state index is -0.497. The van der Waals surface area contributed by atoms with Crippen LogP contribution in [0.15, 0.2) is 18.3 Å². The molecule has 0 saturated heterocycles. The lowest BCUT2D eigenvalue weighted by molar-refractivity contribution is 0.0535. The maximum absolute atomic E-state index is 11.4. The van der Waals surface area contributed by atoms with Gasteiger partial charge in [-0.2, -0.15) is 0 Å². The molecule has 0 atom stereocenters. The first-order valence-electron chi connectivity index (χ1n) is 6.37. The van der Waals surface area contributed by atoms with Crippen molar-refractivity contribution in [1.29, 1.82) is 0 Å². The van der Waals surface area contributed by atoms with Crippen molar-refractivity contribution < 1.29 is 9.53 Å². The molecule has 5 nitrogen and oxygen atoms in total. The van der Waals surface area contributed by atoms with E-state index in [4.69, 9.17) is 4.74 Å². The highest BCUT2D eigenvalue weighted by Gasteiger charge is 2.14. The lowest BCUT2D eigenvalue weighted by Gasteiger charge is -2.18. The number of amides is 1. The maximum atomic E-state index is 11.4. The summed E-state index contributed by atoms with van der Waals surface area (Å²) in [6, 6.07) is 3.79. The average molecular weight is 275 g/mol. The van der Waals surface area contributed by atoms with Gasteiger partial charge in [-0.3, -0.25) is 0 Å². The Labute approximate surface area is 120 Å². The van der Waals surface area contributed by atoms with Crippen molar-refractivity contribution >= 4 is 11.9 Å². The Morgan fingerprint density at radius 1 is 1.40 bits per heavy atom. The van der Waals surface area contributed by atoms with E-state index in [1.165, 1.54) is 0 Å². The molecule has 0 saturated carbocycles. The quantitative estimate of drug-likeness (QED) is 0.839. The third-order valence-electron chi connectivity index (χ3n) is 2.16. The summed E-state index contributed by atoms with van der Waals surface area (Å²) in [6.07, 6.45) is 1.24. The molecule has 20 heavy (non-hydrogen) atoms. The van der Waals surface area contributed by atoms with Crippen LogP contribution < -0.4 is 10.2 Å². The number of ether oxygens (including phenoxy) is 1. The molecule has 0 aromatic carbocycles. The summed E-state index contributed by atoms with van der Waals surface area (Å²) in [6.45, 7) is 5.69. The van der Waals surface area contributed by atoms with Gasteiger partial charge in [-0.15, -0.1) is 0 Å². The van der Waals surface area contributed by atoms with E-state index >= 15 is 0 Å². The fourth-order valence-electron chi connectivity index (χ4n) is 1.30. The van der Waals surface area contributed by atoms with Gasteiger partial charge in [-0.25, -0.2) is 9.78 Å². The number of hydrogen-bond acceptors (Lipinski definition) is 4. The van der Waals surface area contributed by atoms with Crippen molar-refractivity contribution in [3.63, 3.8) is 0 Å². The first kappa shape index (κ1) is 15.8. The van der Waals surface area contributed by atoms with Crippen molar-refractivity contribution in [2.24, 2.45) is 0 Å². The number of alkyl carbamates (subject to hydrolysis) is 1. The summed E-state index contributed by atoms with van der Waals surface area (Å²) in [7, 11) is 3.86. The Hall–Kier alpha value is -2.22. The second kappa shape index (κ2) is 6.80. The van der Waals surface area contributed by atoms with Gasteiger partial charge >= 0.3 is 6.09 Å². The molecule has 1 amide bonds. The molecule has 0 spiro atoms. The van der Waals surface area contributed by atoms with Crippen LogP contribution >= 0.6 is 0 Å². The van der Waals surface area contributed by atoms with Crippen molar-refractivity contribution in [1.82, 2.24) is 10.3 Å². The van der Waals surface area contributed by atoms with Gasteiger partial charge in [0.15, 0.2) is 0 Å². The third kappa shape index (κ3) is 6.10. The smallest absolute Gasteiger partial charge is 0.408 e. The molecule has 1 heterocycles. The van der Waals surface area contributed by atoms with Crippen molar-refractivity contribution in [3.05, 3.63) is 23.9 Å². The van der Waals surface area contributed by atoms with Crippen LogP contribution in [0.3, 0.4) is 0 Å². The van der Waals surface area contributed by atoms with Gasteiger partial charge in [-0.1, -0.05) is 11.8 Å². The molecule has 0 aliphatic rings. The molecule has 0 aliphatic carbocycles. The van der Waals surface area contributed by atoms with Crippen LogP contribution in [0, 0.1) is 11.8 Å². The first-order chi connectivity index (χ1) is 9.28. The summed E-state index contributed by atoms with van der Waals surface area (Å²) in [4.78, 5) is 17.5. The predicted molar refractivity (Wildman–Crippen MR) is 79.7 cm³/mol. The van der Waals surface area contributed by atoms with Crippen LogP contribution in [-0.4, -0.2) is 37.3 Å². The molecule has 108 valence electrons. The number of nitrogens with one attached hydrogen (secondary N) is 1. The van der Waals surface area contributed by atoms with Crippen LogP contribution in [0.1, 0.15) is 26.3 Å². The topological polar surface area (TPSA) is 54.5 Å². The van der Waals surface area contributed by atoms with Gasteiger partial charge in [-0.05, 0) is 32.9 Å². The van der Waals surface area contributed by atoms with Crippen LogP contribution in [0.4, 0.5) is 10.6 Å². The lowest BCUT2D eigenvalue weighted by atomic mass is 10.2. The van der Waals surface area contributed by atoms with Crippen molar-refractivity contribution in [2.45, 2.75) is 26.4 Å². The molecular weight excluding hydrogens is 254 g/mol. The Balaban J connectivity index is 2.45. The lowest BCUT2D eigenvalue weighted by Crippen LogP contribution is -2.32. The Kier molecular flexibility index (Phi) is 5.39. The second-order valence-electron chi connectivity index (χ2n) is 5.46. The summed E-state index contributed by atoms with van der Waals surface area (Å²) in [5, 5.41) is 2.58. The zero-order valence-electron chi connectivity index (χ0n) is 12.7. The number of pyridine rings is 1. The van der Waals surface area contributed by atoms with Crippen molar-refractivity contribution in [2.75, 3.05) is 25.5 Å². The molecule has 0 aliphatic heterocycles. The van der Waals surface area contributed by atoms with E-state index in [0.717, 1.165) is 11.4 Å². The molecule has 0 bridgehead atoms. The van der Waals surface area contributed by atoms with E-state index in [2.05, 4.69) is 22.1 Å². The molecule has 1 N–H and O–H groups in total. The van der Waals surface area contributed by atoms with Gasteiger partial charge in [0.1, 0.15) is 11.4 Å². The molecule has 1 aromatic rings. The number of nitrogens with zero attached hydrogens (tertiary/aromatic N) is 2. The molecule has 0 fully saturated rings. The zero-order valence-corrected chi connectivity index (χ0v) is 12.7. The molecule has 0 unspecified atom stereocenters. The highest BCUT2D eigenvalue weighted by molar-refractivity contribution is 5.68. The SMILES string of the molecule is CN(C)c1ccc(C#CCNC(=O)OC(C)(C)C)cn1. The fraction of sp³-hybridized carbons (Fsp3) is 0.467. The van der Waals surface area contributed by atoms with Gasteiger partial charge < -0.3 is 15.0 Å². The summed E-state index contributed by atoms with van der Waals surface area (Å²) < 4.78 is 5.10. The van der Waals surface area contributed by atoms with E-state index in [0.29, 0.717) is 0 Å². The van der Waals surface area contributed by atoms with Crippen molar-refractivity contribution in [3.8, 4) is 11.8 Å². The average Bonchev–Trinajstić information content (AvgIpc) is 2.33. The minimum absolute atomic E-state index is 0.240. The summed E-state index contributed by atoms with van der Waals surface area (Å²) in [5.74, 6) is 6.66. The van der Waals surface area contributed by atoms with E-state index in [9.17, 15) is 4.79 Å². The molecular formula is C15H21N3O2. The Bertz CT molecular complexity index is 505. The number of hydrogen-bond donors (Lipinski definition) is 1. The zero-order chi connectivity index (χ0) is 15.2. The number of aromatic nitrogens is 1. The summed E-state index contributed by atoms with van der Waals surface area (Å²) in [5.41, 5.74) is 0.310. The fourth-order valence-corrected chi connectivity index (χ4v) is 1.30. The Morgan fingerprint density at radius 3 is 2.60 bits per heavy atom. The second-order valence-corrected chi connectivity index (χ2v) is 5.46. The van der Waals surface area contributed by atoms with Crippen LogP contribution in [-0.2, 0) is 4.74 Å². The van der Waals surface area contributed by atoms with Crippen LogP contribution in [0.2, 0.25) is 0 Å². The normalized spacial score (nSPS) is 10.2. The van der Waals surface area contributed by atoms with Gasteiger partial charge in [0.2, 0.25) is 0 Å². The standard InChI is InChI=1S/C15H21N3O2/c1-15(2,3)20-14(19)16-10-6-7-12-8-9-13(17-11-12)18(4)5/h8-9,11H,10H2,1-5H3,(H,16,19). The predicted octanol–water partition coefficient (Wildman–Crippen LogP) is 2.02.